The molecule has 0 fully saturated rings. The maximum atomic E-state index is 12.6. The molecular weight excluding hydrogens is 315 g/mol. The molecule has 0 saturated carbocycles. The summed E-state index contributed by atoms with van der Waals surface area (Å²) in [5.41, 5.74) is 1.54. The molecule has 0 unspecified atom stereocenters. The topological polar surface area (TPSA) is 22.1 Å². The molecule has 0 radical (unpaired) electrons. The lowest BCUT2D eigenvalue weighted by molar-refractivity contribution is -0.137. The first-order valence-corrected chi connectivity index (χ1v) is 7.07. The highest BCUT2D eigenvalue weighted by molar-refractivity contribution is 6.30. The Bertz CT molecular complexity index is 671. The number of nitrogens with zero attached hydrogens (tertiary/aromatic N) is 1. The zero-order valence-corrected chi connectivity index (χ0v) is 12.9. The second-order valence-corrected chi connectivity index (χ2v) is 5.32. The standard InChI is InChI=1S/C16H15ClF3NO/c1-10-9-13(16(18,19)20)4-3-12(10)6-8-22-14-5-7-21-15(17)11(14)2/h3-5,7,9H,6,8H2,1-2H3. The quantitative estimate of drug-likeness (QED) is 0.737. The molecule has 2 aromatic rings. The van der Waals surface area contributed by atoms with Crippen LogP contribution in [0, 0.1) is 13.8 Å². The lowest BCUT2D eigenvalue weighted by Crippen LogP contribution is -2.08. The van der Waals surface area contributed by atoms with Crippen molar-refractivity contribution in [3.05, 3.63) is 57.9 Å². The van der Waals surface area contributed by atoms with Crippen LogP contribution in [0.3, 0.4) is 0 Å². The minimum atomic E-state index is -4.31. The van der Waals surface area contributed by atoms with Gasteiger partial charge in [-0.05, 0) is 43.2 Å². The molecule has 22 heavy (non-hydrogen) atoms. The number of benzene rings is 1. The van der Waals surface area contributed by atoms with Crippen molar-refractivity contribution in [3.8, 4) is 5.75 Å². The summed E-state index contributed by atoms with van der Waals surface area (Å²) in [6, 6.07) is 5.45. The minimum Gasteiger partial charge on any atom is -0.493 e. The number of aromatic nitrogens is 1. The van der Waals surface area contributed by atoms with Gasteiger partial charge in [-0.15, -0.1) is 0 Å². The second-order valence-electron chi connectivity index (χ2n) is 4.96. The molecule has 0 saturated heterocycles. The fraction of sp³-hybridized carbons (Fsp3) is 0.312. The molecule has 1 aromatic heterocycles. The molecule has 0 spiro atoms. The van der Waals surface area contributed by atoms with Gasteiger partial charge >= 0.3 is 6.18 Å². The molecule has 118 valence electrons. The highest BCUT2D eigenvalue weighted by atomic mass is 35.5. The molecule has 1 heterocycles. The Balaban J connectivity index is 2.02. The van der Waals surface area contributed by atoms with Gasteiger partial charge in [0.15, 0.2) is 0 Å². The molecule has 2 nitrogen and oxygen atoms in total. The number of pyridine rings is 1. The lowest BCUT2D eigenvalue weighted by atomic mass is 10.0. The average Bonchev–Trinajstić information content (AvgIpc) is 2.44. The van der Waals surface area contributed by atoms with E-state index in [-0.39, 0.29) is 0 Å². The molecule has 0 N–H and O–H groups in total. The molecule has 0 aliphatic carbocycles. The van der Waals surface area contributed by atoms with Crippen LogP contribution < -0.4 is 4.74 Å². The van der Waals surface area contributed by atoms with Gasteiger partial charge in [-0.3, -0.25) is 0 Å². The van der Waals surface area contributed by atoms with E-state index in [9.17, 15) is 13.2 Å². The average molecular weight is 330 g/mol. The number of halogens is 4. The summed E-state index contributed by atoms with van der Waals surface area (Å²) in [6.07, 6.45) is -2.25. The molecule has 0 aliphatic heterocycles. The van der Waals surface area contributed by atoms with Crippen LogP contribution in [0.5, 0.6) is 5.75 Å². The molecule has 0 atom stereocenters. The summed E-state index contributed by atoms with van der Waals surface area (Å²) in [5.74, 6) is 0.629. The normalized spacial score (nSPS) is 11.5. The highest BCUT2D eigenvalue weighted by Crippen LogP contribution is 2.30. The van der Waals surface area contributed by atoms with Crippen LogP contribution in [0.25, 0.3) is 0 Å². The van der Waals surface area contributed by atoms with Crippen molar-refractivity contribution < 1.29 is 17.9 Å². The Morgan fingerprint density at radius 2 is 1.91 bits per heavy atom. The van der Waals surface area contributed by atoms with Crippen molar-refractivity contribution in [2.75, 3.05) is 6.61 Å². The molecular formula is C16H15ClF3NO. The van der Waals surface area contributed by atoms with Crippen molar-refractivity contribution in [3.63, 3.8) is 0 Å². The van der Waals surface area contributed by atoms with E-state index in [1.165, 1.54) is 6.07 Å². The number of alkyl halides is 3. The Labute approximate surface area is 131 Å². The van der Waals surface area contributed by atoms with Gasteiger partial charge in [-0.1, -0.05) is 17.7 Å². The van der Waals surface area contributed by atoms with E-state index >= 15 is 0 Å². The van der Waals surface area contributed by atoms with E-state index in [1.807, 2.05) is 0 Å². The van der Waals surface area contributed by atoms with Gasteiger partial charge in [0.1, 0.15) is 10.9 Å². The lowest BCUT2D eigenvalue weighted by Gasteiger charge is -2.12. The Morgan fingerprint density at radius 1 is 1.18 bits per heavy atom. The maximum Gasteiger partial charge on any atom is 0.416 e. The maximum absolute atomic E-state index is 12.6. The summed E-state index contributed by atoms with van der Waals surface area (Å²) in [5, 5.41) is 0.378. The van der Waals surface area contributed by atoms with Crippen LogP contribution in [0.2, 0.25) is 5.15 Å². The Morgan fingerprint density at radius 3 is 2.55 bits per heavy atom. The van der Waals surface area contributed by atoms with E-state index in [2.05, 4.69) is 4.98 Å². The van der Waals surface area contributed by atoms with Crippen LogP contribution in [-0.4, -0.2) is 11.6 Å². The number of aryl methyl sites for hydroxylation is 1. The summed E-state index contributed by atoms with van der Waals surface area (Å²) in [4.78, 5) is 3.93. The predicted octanol–water partition coefficient (Wildman–Crippen LogP) is 4.99. The number of rotatable bonds is 4. The molecule has 6 heteroatoms. The Hall–Kier alpha value is -1.75. The minimum absolute atomic E-state index is 0.355. The zero-order valence-electron chi connectivity index (χ0n) is 12.2. The number of ether oxygens (including phenoxy) is 1. The highest BCUT2D eigenvalue weighted by Gasteiger charge is 2.30. The first-order chi connectivity index (χ1) is 10.3. The molecule has 0 bridgehead atoms. The molecule has 0 aliphatic rings. The monoisotopic (exact) mass is 329 g/mol. The van der Waals surface area contributed by atoms with E-state index in [4.69, 9.17) is 16.3 Å². The van der Waals surface area contributed by atoms with E-state index in [0.29, 0.717) is 29.5 Å². The van der Waals surface area contributed by atoms with Gasteiger partial charge in [0.25, 0.3) is 0 Å². The van der Waals surface area contributed by atoms with Crippen LogP contribution >= 0.6 is 11.6 Å². The van der Waals surface area contributed by atoms with Gasteiger partial charge in [0.05, 0.1) is 12.2 Å². The van der Waals surface area contributed by atoms with E-state index in [0.717, 1.165) is 23.3 Å². The summed E-state index contributed by atoms with van der Waals surface area (Å²) >= 11 is 5.90. The van der Waals surface area contributed by atoms with Gasteiger partial charge < -0.3 is 4.74 Å². The first kappa shape index (κ1) is 16.6. The van der Waals surface area contributed by atoms with Crippen molar-refractivity contribution in [2.24, 2.45) is 0 Å². The van der Waals surface area contributed by atoms with E-state index in [1.54, 1.807) is 26.1 Å². The van der Waals surface area contributed by atoms with Crippen LogP contribution in [0.4, 0.5) is 13.2 Å². The second kappa shape index (κ2) is 6.57. The zero-order chi connectivity index (χ0) is 16.3. The summed E-state index contributed by atoms with van der Waals surface area (Å²) < 4.78 is 43.5. The third-order valence-electron chi connectivity index (χ3n) is 3.39. The van der Waals surface area contributed by atoms with Crippen LogP contribution in [0.15, 0.2) is 30.5 Å². The summed E-state index contributed by atoms with van der Waals surface area (Å²) in [7, 11) is 0. The molecule has 0 amide bonds. The summed E-state index contributed by atoms with van der Waals surface area (Å²) in [6.45, 7) is 3.82. The van der Waals surface area contributed by atoms with Gasteiger partial charge in [-0.2, -0.15) is 13.2 Å². The van der Waals surface area contributed by atoms with Crippen molar-refractivity contribution >= 4 is 11.6 Å². The third kappa shape index (κ3) is 3.91. The predicted molar refractivity (Wildman–Crippen MR) is 79.4 cm³/mol. The van der Waals surface area contributed by atoms with Crippen molar-refractivity contribution in [2.45, 2.75) is 26.4 Å². The Kier molecular flexibility index (Phi) is 4.96. The largest absolute Gasteiger partial charge is 0.493 e. The van der Waals surface area contributed by atoms with Gasteiger partial charge in [0.2, 0.25) is 0 Å². The van der Waals surface area contributed by atoms with Crippen LogP contribution in [-0.2, 0) is 12.6 Å². The van der Waals surface area contributed by atoms with Crippen LogP contribution in [0.1, 0.15) is 22.3 Å². The first-order valence-electron chi connectivity index (χ1n) is 6.69. The van der Waals surface area contributed by atoms with E-state index < -0.39 is 11.7 Å². The fourth-order valence-electron chi connectivity index (χ4n) is 2.07. The number of hydrogen-bond donors (Lipinski definition) is 0. The van der Waals surface area contributed by atoms with Crippen molar-refractivity contribution in [1.82, 2.24) is 4.98 Å². The SMILES string of the molecule is Cc1cc(C(F)(F)F)ccc1CCOc1ccnc(Cl)c1C. The molecule has 1 aromatic carbocycles. The van der Waals surface area contributed by atoms with Gasteiger partial charge in [0, 0.05) is 18.2 Å². The molecule has 2 rings (SSSR count). The third-order valence-corrected chi connectivity index (χ3v) is 3.77. The smallest absolute Gasteiger partial charge is 0.416 e. The van der Waals surface area contributed by atoms with Gasteiger partial charge in [-0.25, -0.2) is 4.98 Å². The fourth-order valence-corrected chi connectivity index (χ4v) is 2.22. The van der Waals surface area contributed by atoms with Crippen molar-refractivity contribution in [1.29, 1.82) is 0 Å². The number of hydrogen-bond acceptors (Lipinski definition) is 2.